The van der Waals surface area contributed by atoms with E-state index in [0.29, 0.717) is 12.3 Å². The molecule has 0 unspecified atom stereocenters. The van der Waals surface area contributed by atoms with Crippen molar-refractivity contribution in [3.05, 3.63) is 27.8 Å². The van der Waals surface area contributed by atoms with E-state index in [2.05, 4.69) is 5.32 Å². The van der Waals surface area contributed by atoms with Crippen LogP contribution in [0.4, 0.5) is 0 Å². The van der Waals surface area contributed by atoms with Gasteiger partial charge >= 0.3 is 0 Å². The Labute approximate surface area is 83.5 Å². The number of hydrogen-bond donors (Lipinski definition) is 2. The van der Waals surface area contributed by atoms with Crippen LogP contribution in [0.1, 0.15) is 16.7 Å². The first-order chi connectivity index (χ1) is 6.07. The van der Waals surface area contributed by atoms with Gasteiger partial charge in [-0.05, 0) is 38.1 Å². The number of nitrogens with one attached hydrogen (secondary N) is 1. The Balaban J connectivity index is 3.26. The molecule has 0 fully saturated rings. The van der Waals surface area contributed by atoms with Gasteiger partial charge in [-0.2, -0.15) is 0 Å². The molecule has 0 aliphatic carbocycles. The van der Waals surface area contributed by atoms with Crippen molar-refractivity contribution in [2.24, 2.45) is 0 Å². The van der Waals surface area contributed by atoms with E-state index in [1.807, 2.05) is 20.9 Å². The Hall–Kier alpha value is -0.730. The van der Waals surface area contributed by atoms with Gasteiger partial charge in [-0.1, -0.05) is 11.6 Å². The van der Waals surface area contributed by atoms with Crippen molar-refractivity contribution in [2.45, 2.75) is 20.4 Å². The Bertz CT molecular complexity index is 323. The maximum atomic E-state index is 9.63. The Morgan fingerprint density at radius 3 is 2.62 bits per heavy atom. The molecule has 0 spiro atoms. The van der Waals surface area contributed by atoms with Gasteiger partial charge in [0.2, 0.25) is 0 Å². The van der Waals surface area contributed by atoms with Crippen LogP contribution in [0.5, 0.6) is 5.75 Å². The Kier molecular flexibility index (Phi) is 3.17. The molecule has 3 heteroatoms. The van der Waals surface area contributed by atoms with Gasteiger partial charge in [0.1, 0.15) is 5.75 Å². The minimum absolute atomic E-state index is 0.314. The highest BCUT2D eigenvalue weighted by Gasteiger charge is 2.09. The first-order valence-corrected chi connectivity index (χ1v) is 4.58. The highest BCUT2D eigenvalue weighted by molar-refractivity contribution is 6.32. The fourth-order valence-electron chi connectivity index (χ4n) is 1.38. The molecule has 1 aromatic rings. The SMILES string of the molecule is CNCc1c(O)cc(C)c(Cl)c1C. The summed E-state index contributed by atoms with van der Waals surface area (Å²) < 4.78 is 0. The predicted molar refractivity (Wildman–Crippen MR) is 55.4 cm³/mol. The minimum atomic E-state index is 0.314. The van der Waals surface area contributed by atoms with Crippen molar-refractivity contribution in [3.8, 4) is 5.75 Å². The normalized spacial score (nSPS) is 10.5. The van der Waals surface area contributed by atoms with Gasteiger partial charge in [-0.15, -0.1) is 0 Å². The molecule has 1 rings (SSSR count). The molecular weight excluding hydrogens is 186 g/mol. The number of aryl methyl sites for hydroxylation is 1. The third-order valence-electron chi connectivity index (χ3n) is 2.14. The van der Waals surface area contributed by atoms with Crippen molar-refractivity contribution in [3.63, 3.8) is 0 Å². The molecule has 0 radical (unpaired) electrons. The number of hydrogen-bond acceptors (Lipinski definition) is 2. The first-order valence-electron chi connectivity index (χ1n) is 4.20. The lowest BCUT2D eigenvalue weighted by Gasteiger charge is -2.11. The molecule has 0 saturated heterocycles. The zero-order valence-corrected chi connectivity index (χ0v) is 8.87. The molecule has 0 saturated carbocycles. The second kappa shape index (κ2) is 3.99. The molecule has 0 aromatic heterocycles. The molecule has 0 aliphatic rings. The summed E-state index contributed by atoms with van der Waals surface area (Å²) in [7, 11) is 1.84. The zero-order chi connectivity index (χ0) is 10.0. The van der Waals surface area contributed by atoms with Gasteiger partial charge in [0.25, 0.3) is 0 Å². The summed E-state index contributed by atoms with van der Waals surface area (Å²) in [5, 5.41) is 13.4. The van der Waals surface area contributed by atoms with Crippen LogP contribution in [0, 0.1) is 13.8 Å². The number of phenols is 1. The number of aromatic hydroxyl groups is 1. The van der Waals surface area contributed by atoms with Gasteiger partial charge in [0.15, 0.2) is 0 Å². The number of phenolic OH excluding ortho intramolecular Hbond substituents is 1. The summed E-state index contributed by atoms with van der Waals surface area (Å²) in [5.74, 6) is 0.314. The van der Waals surface area contributed by atoms with Crippen molar-refractivity contribution in [1.82, 2.24) is 5.32 Å². The highest BCUT2D eigenvalue weighted by atomic mass is 35.5. The third-order valence-corrected chi connectivity index (χ3v) is 2.73. The zero-order valence-electron chi connectivity index (χ0n) is 8.11. The van der Waals surface area contributed by atoms with Crippen molar-refractivity contribution in [1.29, 1.82) is 0 Å². The van der Waals surface area contributed by atoms with E-state index in [1.165, 1.54) is 0 Å². The Morgan fingerprint density at radius 2 is 2.08 bits per heavy atom. The minimum Gasteiger partial charge on any atom is -0.508 e. The molecular formula is C10H14ClNO. The molecule has 0 heterocycles. The van der Waals surface area contributed by atoms with E-state index >= 15 is 0 Å². The van der Waals surface area contributed by atoms with Crippen LogP contribution in [-0.4, -0.2) is 12.2 Å². The summed E-state index contributed by atoms with van der Waals surface area (Å²) in [6.45, 7) is 4.44. The van der Waals surface area contributed by atoms with E-state index in [0.717, 1.165) is 21.7 Å². The first kappa shape index (κ1) is 10.4. The molecule has 0 amide bonds. The highest BCUT2D eigenvalue weighted by Crippen LogP contribution is 2.30. The van der Waals surface area contributed by atoms with E-state index in [9.17, 15) is 5.11 Å². The number of rotatable bonds is 2. The predicted octanol–water partition coefficient (Wildman–Crippen LogP) is 2.38. The monoisotopic (exact) mass is 199 g/mol. The van der Waals surface area contributed by atoms with E-state index in [-0.39, 0.29) is 0 Å². The van der Waals surface area contributed by atoms with Crippen molar-refractivity contribution >= 4 is 11.6 Å². The molecule has 0 atom stereocenters. The summed E-state index contributed by atoms with van der Waals surface area (Å²) in [5.41, 5.74) is 2.74. The van der Waals surface area contributed by atoms with Crippen LogP contribution >= 0.6 is 11.6 Å². The second-order valence-electron chi connectivity index (χ2n) is 3.16. The average Bonchev–Trinajstić information content (AvgIpc) is 2.09. The van der Waals surface area contributed by atoms with Crippen molar-refractivity contribution in [2.75, 3.05) is 7.05 Å². The van der Waals surface area contributed by atoms with Crippen LogP contribution in [0.15, 0.2) is 6.07 Å². The molecule has 2 nitrogen and oxygen atoms in total. The van der Waals surface area contributed by atoms with Crippen LogP contribution < -0.4 is 5.32 Å². The van der Waals surface area contributed by atoms with Crippen LogP contribution in [-0.2, 0) is 6.54 Å². The molecule has 1 aromatic carbocycles. The largest absolute Gasteiger partial charge is 0.508 e. The third kappa shape index (κ3) is 1.95. The smallest absolute Gasteiger partial charge is 0.120 e. The molecule has 2 N–H and O–H groups in total. The standard InChI is InChI=1S/C10H14ClNO/c1-6-4-9(13)8(5-12-3)7(2)10(6)11/h4,12-13H,5H2,1-3H3. The maximum absolute atomic E-state index is 9.63. The number of halogens is 1. The lowest BCUT2D eigenvalue weighted by atomic mass is 10.0. The van der Waals surface area contributed by atoms with Crippen LogP contribution in [0.2, 0.25) is 5.02 Å². The van der Waals surface area contributed by atoms with E-state index in [4.69, 9.17) is 11.6 Å². The summed E-state index contributed by atoms with van der Waals surface area (Å²) in [6, 6.07) is 1.70. The topological polar surface area (TPSA) is 32.3 Å². The van der Waals surface area contributed by atoms with E-state index in [1.54, 1.807) is 6.07 Å². The fraction of sp³-hybridized carbons (Fsp3) is 0.400. The van der Waals surface area contributed by atoms with Gasteiger partial charge in [0.05, 0.1) is 0 Å². The van der Waals surface area contributed by atoms with Crippen LogP contribution in [0.25, 0.3) is 0 Å². The molecule has 0 aliphatic heterocycles. The van der Waals surface area contributed by atoms with E-state index < -0.39 is 0 Å². The fourth-order valence-corrected chi connectivity index (χ4v) is 1.54. The Morgan fingerprint density at radius 1 is 1.46 bits per heavy atom. The van der Waals surface area contributed by atoms with Gasteiger partial charge in [-0.3, -0.25) is 0 Å². The second-order valence-corrected chi connectivity index (χ2v) is 3.54. The molecule has 72 valence electrons. The van der Waals surface area contributed by atoms with Crippen LogP contribution in [0.3, 0.4) is 0 Å². The summed E-state index contributed by atoms with van der Waals surface area (Å²) >= 11 is 6.05. The van der Waals surface area contributed by atoms with Gasteiger partial charge < -0.3 is 10.4 Å². The quantitative estimate of drug-likeness (QED) is 0.767. The maximum Gasteiger partial charge on any atom is 0.120 e. The van der Waals surface area contributed by atoms with Gasteiger partial charge in [0, 0.05) is 17.1 Å². The number of benzene rings is 1. The van der Waals surface area contributed by atoms with Crippen molar-refractivity contribution < 1.29 is 5.11 Å². The molecule has 13 heavy (non-hydrogen) atoms. The average molecular weight is 200 g/mol. The summed E-state index contributed by atoms with van der Waals surface area (Å²) in [4.78, 5) is 0. The molecule has 0 bridgehead atoms. The lowest BCUT2D eigenvalue weighted by molar-refractivity contribution is 0.465. The van der Waals surface area contributed by atoms with Gasteiger partial charge in [-0.25, -0.2) is 0 Å². The lowest BCUT2D eigenvalue weighted by Crippen LogP contribution is -2.07. The summed E-state index contributed by atoms with van der Waals surface area (Å²) in [6.07, 6.45) is 0.